The lowest BCUT2D eigenvalue weighted by molar-refractivity contribution is 0.117. The van der Waals surface area contributed by atoms with Crippen LogP contribution in [-0.4, -0.2) is 26.4 Å². The second-order valence-electron chi connectivity index (χ2n) is 8.59. The van der Waals surface area contributed by atoms with Gasteiger partial charge in [0.15, 0.2) is 0 Å². The summed E-state index contributed by atoms with van der Waals surface area (Å²) in [5.41, 5.74) is 0. The first-order chi connectivity index (χ1) is 13.9. The van der Waals surface area contributed by atoms with E-state index in [-0.39, 0.29) is 0 Å². The minimum absolute atomic E-state index is 0.954. The molecule has 0 saturated carbocycles. The van der Waals surface area contributed by atoms with Gasteiger partial charge in [-0.05, 0) is 25.7 Å². The molecule has 0 aromatic heterocycles. The first kappa shape index (κ1) is 27.9. The predicted octanol–water partition coefficient (Wildman–Crippen LogP) is 8.86. The molecule has 0 aliphatic carbocycles. The van der Waals surface area contributed by atoms with E-state index in [2.05, 4.69) is 13.8 Å². The third-order valence-electron chi connectivity index (χ3n) is 5.61. The molecule has 0 heterocycles. The van der Waals surface area contributed by atoms with Crippen molar-refractivity contribution in [3.8, 4) is 0 Å². The van der Waals surface area contributed by atoms with E-state index in [1.807, 2.05) is 0 Å². The number of unbranched alkanes of at least 4 members (excludes halogenated alkanes) is 17. The Morgan fingerprint density at radius 1 is 0.286 bits per heavy atom. The lowest BCUT2D eigenvalue weighted by Crippen LogP contribution is -1.99. The van der Waals surface area contributed by atoms with Crippen LogP contribution in [0, 0.1) is 0 Å². The molecule has 0 bridgehead atoms. The number of ether oxygens (including phenoxy) is 2. The third kappa shape index (κ3) is 25.9. The Kier molecular flexibility index (Phi) is 26.8. The van der Waals surface area contributed by atoms with Gasteiger partial charge in [0.25, 0.3) is 0 Å². The molecule has 0 atom stereocenters. The molecule has 0 aromatic rings. The second-order valence-corrected chi connectivity index (χ2v) is 8.59. The molecule has 28 heavy (non-hydrogen) atoms. The van der Waals surface area contributed by atoms with Gasteiger partial charge < -0.3 is 9.47 Å². The van der Waals surface area contributed by atoms with Crippen molar-refractivity contribution in [2.45, 2.75) is 142 Å². The van der Waals surface area contributed by atoms with Crippen molar-refractivity contribution in [1.29, 1.82) is 0 Å². The van der Waals surface area contributed by atoms with Gasteiger partial charge in [-0.1, -0.05) is 117 Å². The van der Waals surface area contributed by atoms with Gasteiger partial charge >= 0.3 is 0 Å². The molecule has 0 spiro atoms. The molecule has 0 amide bonds. The van der Waals surface area contributed by atoms with Gasteiger partial charge in [-0.15, -0.1) is 0 Å². The van der Waals surface area contributed by atoms with Gasteiger partial charge in [0.1, 0.15) is 0 Å². The summed E-state index contributed by atoms with van der Waals surface area (Å²) in [6.07, 6.45) is 27.1. The van der Waals surface area contributed by atoms with Gasteiger partial charge in [0.05, 0.1) is 0 Å². The molecule has 0 aliphatic heterocycles. The van der Waals surface area contributed by atoms with E-state index in [9.17, 15) is 0 Å². The molecule has 0 fully saturated rings. The van der Waals surface area contributed by atoms with Crippen LogP contribution in [0.3, 0.4) is 0 Å². The highest BCUT2D eigenvalue weighted by Gasteiger charge is 1.95. The van der Waals surface area contributed by atoms with Crippen LogP contribution in [-0.2, 0) is 9.47 Å². The third-order valence-corrected chi connectivity index (χ3v) is 5.61. The fraction of sp³-hybridized carbons (Fsp3) is 1.00. The summed E-state index contributed by atoms with van der Waals surface area (Å²) in [7, 11) is 0. The fourth-order valence-corrected chi connectivity index (χ4v) is 3.64. The lowest BCUT2D eigenvalue weighted by atomic mass is 10.1. The van der Waals surface area contributed by atoms with E-state index in [0.717, 1.165) is 26.4 Å². The van der Waals surface area contributed by atoms with Gasteiger partial charge in [0, 0.05) is 26.4 Å². The molecule has 0 unspecified atom stereocenters. The Balaban J connectivity index is 2.96. The van der Waals surface area contributed by atoms with Crippen LogP contribution < -0.4 is 0 Å². The maximum Gasteiger partial charge on any atom is 0.0466 e. The minimum Gasteiger partial charge on any atom is -0.381 e. The quantitative estimate of drug-likeness (QED) is 0.143. The van der Waals surface area contributed by atoms with Crippen molar-refractivity contribution < 1.29 is 9.47 Å². The smallest absolute Gasteiger partial charge is 0.0466 e. The summed E-state index contributed by atoms with van der Waals surface area (Å²) in [5, 5.41) is 0. The molecule has 0 aliphatic rings. The molecule has 0 N–H and O–H groups in total. The summed E-state index contributed by atoms with van der Waals surface area (Å²) >= 11 is 0. The highest BCUT2D eigenvalue weighted by Crippen LogP contribution is 2.10. The Labute approximate surface area is 178 Å². The molecule has 0 rings (SSSR count). The van der Waals surface area contributed by atoms with Crippen molar-refractivity contribution in [2.24, 2.45) is 0 Å². The topological polar surface area (TPSA) is 18.5 Å². The van der Waals surface area contributed by atoms with E-state index >= 15 is 0 Å². The number of rotatable bonds is 25. The van der Waals surface area contributed by atoms with Crippen molar-refractivity contribution in [3.05, 3.63) is 0 Å². The molecular weight excluding hydrogens is 344 g/mol. The van der Waals surface area contributed by atoms with Crippen LogP contribution in [0.5, 0.6) is 0 Å². The molecule has 0 radical (unpaired) electrons. The summed E-state index contributed by atoms with van der Waals surface area (Å²) < 4.78 is 11.5. The number of hydrogen-bond donors (Lipinski definition) is 0. The zero-order valence-electron chi connectivity index (χ0n) is 19.8. The summed E-state index contributed by atoms with van der Waals surface area (Å²) in [6.45, 7) is 8.41. The lowest BCUT2D eigenvalue weighted by Gasteiger charge is -2.06. The maximum atomic E-state index is 5.76. The SMILES string of the molecule is CCCCCCCCCCOCCCCCCOCCCCCCCCCC. The zero-order chi connectivity index (χ0) is 20.4. The Hall–Kier alpha value is -0.0800. The van der Waals surface area contributed by atoms with Crippen LogP contribution in [0.15, 0.2) is 0 Å². The molecule has 2 heteroatoms. The van der Waals surface area contributed by atoms with Gasteiger partial charge in [-0.3, -0.25) is 0 Å². The van der Waals surface area contributed by atoms with Gasteiger partial charge in [-0.2, -0.15) is 0 Å². The van der Waals surface area contributed by atoms with Crippen molar-refractivity contribution in [2.75, 3.05) is 26.4 Å². The second kappa shape index (κ2) is 26.9. The average molecular weight is 399 g/mol. The molecular formula is C26H54O2. The van der Waals surface area contributed by atoms with Crippen LogP contribution in [0.2, 0.25) is 0 Å². The Morgan fingerprint density at radius 3 is 0.750 bits per heavy atom. The molecule has 2 nitrogen and oxygen atoms in total. The minimum atomic E-state index is 0.954. The monoisotopic (exact) mass is 398 g/mol. The van der Waals surface area contributed by atoms with Crippen molar-refractivity contribution >= 4 is 0 Å². The molecule has 170 valence electrons. The van der Waals surface area contributed by atoms with Gasteiger partial charge in [-0.25, -0.2) is 0 Å². The fourth-order valence-electron chi connectivity index (χ4n) is 3.64. The highest BCUT2D eigenvalue weighted by molar-refractivity contribution is 4.48. The first-order valence-corrected chi connectivity index (χ1v) is 13.1. The zero-order valence-corrected chi connectivity index (χ0v) is 19.8. The van der Waals surface area contributed by atoms with E-state index < -0.39 is 0 Å². The summed E-state index contributed by atoms with van der Waals surface area (Å²) in [4.78, 5) is 0. The normalized spacial score (nSPS) is 11.4. The Bertz CT molecular complexity index is 229. The maximum absolute atomic E-state index is 5.76. The van der Waals surface area contributed by atoms with Crippen LogP contribution >= 0.6 is 0 Å². The van der Waals surface area contributed by atoms with Gasteiger partial charge in [0.2, 0.25) is 0 Å². The first-order valence-electron chi connectivity index (χ1n) is 13.1. The van der Waals surface area contributed by atoms with E-state index in [0.29, 0.717) is 0 Å². The van der Waals surface area contributed by atoms with Crippen LogP contribution in [0.1, 0.15) is 142 Å². The Morgan fingerprint density at radius 2 is 0.500 bits per heavy atom. The van der Waals surface area contributed by atoms with Crippen molar-refractivity contribution in [3.63, 3.8) is 0 Å². The molecule has 0 aromatic carbocycles. The summed E-state index contributed by atoms with van der Waals surface area (Å²) in [6, 6.07) is 0. The van der Waals surface area contributed by atoms with E-state index in [4.69, 9.17) is 9.47 Å². The number of hydrogen-bond acceptors (Lipinski definition) is 2. The molecule has 0 saturated heterocycles. The van der Waals surface area contributed by atoms with E-state index in [1.54, 1.807) is 0 Å². The average Bonchev–Trinajstić information content (AvgIpc) is 2.71. The predicted molar refractivity (Wildman–Crippen MR) is 125 cm³/mol. The summed E-state index contributed by atoms with van der Waals surface area (Å²) in [5.74, 6) is 0. The highest BCUT2D eigenvalue weighted by atomic mass is 16.5. The van der Waals surface area contributed by atoms with E-state index in [1.165, 1.54) is 128 Å². The van der Waals surface area contributed by atoms with Crippen LogP contribution in [0.25, 0.3) is 0 Å². The standard InChI is InChI=1S/C26H54O2/c1-3-5-7-9-11-13-15-19-23-27-25-21-17-18-22-26-28-24-20-16-14-12-10-8-6-4-2/h3-26H2,1-2H3. The largest absolute Gasteiger partial charge is 0.381 e. The van der Waals surface area contributed by atoms with Crippen LogP contribution in [0.4, 0.5) is 0 Å². The van der Waals surface area contributed by atoms with Crippen molar-refractivity contribution in [1.82, 2.24) is 0 Å².